The molecule has 1 heterocycles. The minimum atomic E-state index is 0. The number of anilines is 1. The van der Waals surface area contributed by atoms with Gasteiger partial charge in [0.15, 0.2) is 17.5 Å². The van der Waals surface area contributed by atoms with Gasteiger partial charge in [0.1, 0.15) is 0 Å². The minimum absolute atomic E-state index is 0. The minimum Gasteiger partial charge on any atom is -0.493 e. The first-order valence-corrected chi connectivity index (χ1v) is 7.59. The van der Waals surface area contributed by atoms with E-state index < -0.39 is 0 Å². The molecule has 1 aromatic carbocycles. The summed E-state index contributed by atoms with van der Waals surface area (Å²) in [6.07, 6.45) is 1.87. The maximum absolute atomic E-state index is 5.29. The van der Waals surface area contributed by atoms with Crippen LogP contribution in [-0.4, -0.2) is 32.2 Å². The molecule has 23 heavy (non-hydrogen) atoms. The van der Waals surface area contributed by atoms with E-state index in [4.69, 9.17) is 9.47 Å². The summed E-state index contributed by atoms with van der Waals surface area (Å²) < 4.78 is 10.5. The number of thiazole rings is 1. The molecule has 126 valence electrons. The smallest absolute Gasteiger partial charge is 0.195 e. The Labute approximate surface area is 157 Å². The summed E-state index contributed by atoms with van der Waals surface area (Å²) in [6, 6.07) is 5.62. The fraction of sp³-hybridized carbons (Fsp3) is 0.333. The van der Waals surface area contributed by atoms with Gasteiger partial charge in [-0.1, -0.05) is 0 Å². The maximum Gasteiger partial charge on any atom is 0.195 e. The zero-order valence-corrected chi connectivity index (χ0v) is 16.7. The van der Waals surface area contributed by atoms with E-state index in [0.29, 0.717) is 24.0 Å². The molecule has 0 saturated carbocycles. The molecule has 6 nitrogen and oxygen atoms in total. The number of hydrogen-bond acceptors (Lipinski definition) is 5. The third kappa shape index (κ3) is 5.54. The van der Waals surface area contributed by atoms with Gasteiger partial charge in [-0.25, -0.2) is 4.98 Å². The van der Waals surface area contributed by atoms with Crippen molar-refractivity contribution in [1.82, 2.24) is 10.3 Å². The van der Waals surface area contributed by atoms with Crippen LogP contribution in [0.1, 0.15) is 9.88 Å². The summed E-state index contributed by atoms with van der Waals surface area (Å²) in [7, 11) is 4.96. The van der Waals surface area contributed by atoms with Crippen LogP contribution in [0.15, 0.2) is 29.4 Å². The molecule has 0 atom stereocenters. The third-order valence-electron chi connectivity index (χ3n) is 2.97. The van der Waals surface area contributed by atoms with Crippen LogP contribution in [0, 0.1) is 6.92 Å². The largest absolute Gasteiger partial charge is 0.493 e. The molecule has 1 aromatic heterocycles. The van der Waals surface area contributed by atoms with E-state index in [1.165, 1.54) is 0 Å². The van der Waals surface area contributed by atoms with Gasteiger partial charge in [0.05, 0.1) is 25.8 Å². The van der Waals surface area contributed by atoms with Gasteiger partial charge in [-0.2, -0.15) is 0 Å². The molecular formula is C15H21IN4O2S. The Balaban J connectivity index is 0.00000264. The van der Waals surface area contributed by atoms with Crippen molar-refractivity contribution in [2.75, 3.05) is 26.6 Å². The van der Waals surface area contributed by atoms with Crippen molar-refractivity contribution < 1.29 is 9.47 Å². The summed E-state index contributed by atoms with van der Waals surface area (Å²) in [5.74, 6) is 2.04. The number of nitrogens with zero attached hydrogens (tertiary/aromatic N) is 2. The second kappa shape index (κ2) is 9.56. The van der Waals surface area contributed by atoms with Crippen molar-refractivity contribution in [3.63, 3.8) is 0 Å². The van der Waals surface area contributed by atoms with E-state index in [9.17, 15) is 0 Å². The van der Waals surface area contributed by atoms with Crippen LogP contribution in [0.25, 0.3) is 0 Å². The van der Waals surface area contributed by atoms with Gasteiger partial charge < -0.3 is 20.1 Å². The Morgan fingerprint density at radius 3 is 2.57 bits per heavy atom. The lowest BCUT2D eigenvalue weighted by atomic mass is 10.3. The third-order valence-corrected chi connectivity index (χ3v) is 3.88. The Hall–Kier alpha value is -1.55. The van der Waals surface area contributed by atoms with Crippen LogP contribution in [-0.2, 0) is 6.54 Å². The number of rotatable bonds is 5. The van der Waals surface area contributed by atoms with E-state index in [2.05, 4.69) is 20.6 Å². The van der Waals surface area contributed by atoms with Gasteiger partial charge in [0.2, 0.25) is 0 Å². The lowest BCUT2D eigenvalue weighted by Gasteiger charge is -2.13. The summed E-state index contributed by atoms with van der Waals surface area (Å²) in [5, 5.41) is 7.53. The number of aromatic nitrogens is 1. The molecule has 0 aliphatic rings. The fourth-order valence-electron chi connectivity index (χ4n) is 1.89. The van der Waals surface area contributed by atoms with Crippen LogP contribution < -0.4 is 20.1 Å². The molecule has 0 unspecified atom stereocenters. The number of hydrogen-bond donors (Lipinski definition) is 2. The molecule has 0 amide bonds. The first kappa shape index (κ1) is 19.5. The van der Waals surface area contributed by atoms with E-state index in [1.54, 1.807) is 32.6 Å². The Morgan fingerprint density at radius 1 is 1.26 bits per heavy atom. The Bertz CT molecular complexity index is 661. The van der Waals surface area contributed by atoms with Crippen molar-refractivity contribution in [3.05, 3.63) is 34.3 Å². The SMILES string of the molecule is CN=C(NCc1cnc(C)s1)Nc1ccc(OC)c(OC)c1.I. The summed E-state index contributed by atoms with van der Waals surface area (Å²) in [6.45, 7) is 2.67. The van der Waals surface area contributed by atoms with Gasteiger partial charge in [-0.3, -0.25) is 4.99 Å². The van der Waals surface area contributed by atoms with E-state index in [0.717, 1.165) is 15.6 Å². The highest BCUT2D eigenvalue weighted by Crippen LogP contribution is 2.29. The van der Waals surface area contributed by atoms with Crippen molar-refractivity contribution >= 4 is 47.0 Å². The van der Waals surface area contributed by atoms with Gasteiger partial charge >= 0.3 is 0 Å². The Morgan fingerprint density at radius 2 is 2.00 bits per heavy atom. The van der Waals surface area contributed by atoms with E-state index in [-0.39, 0.29) is 24.0 Å². The standard InChI is InChI=1S/C15H20N4O2S.HI/c1-10-17-8-12(22-10)9-18-15(16-2)19-11-5-6-13(20-3)14(7-11)21-4;/h5-8H,9H2,1-4H3,(H2,16,18,19);1H. The van der Waals surface area contributed by atoms with Gasteiger partial charge in [0.25, 0.3) is 0 Å². The number of methoxy groups -OCH3 is 2. The van der Waals surface area contributed by atoms with Crippen molar-refractivity contribution in [2.45, 2.75) is 13.5 Å². The number of aryl methyl sites for hydroxylation is 1. The van der Waals surface area contributed by atoms with Gasteiger partial charge in [-0.15, -0.1) is 35.3 Å². The summed E-state index contributed by atoms with van der Waals surface area (Å²) in [4.78, 5) is 9.60. The molecular weight excluding hydrogens is 427 g/mol. The van der Waals surface area contributed by atoms with E-state index >= 15 is 0 Å². The number of benzene rings is 1. The second-order valence-electron chi connectivity index (χ2n) is 4.47. The molecule has 0 fully saturated rings. The zero-order chi connectivity index (χ0) is 15.9. The van der Waals surface area contributed by atoms with Crippen molar-refractivity contribution in [2.24, 2.45) is 4.99 Å². The molecule has 0 aliphatic carbocycles. The van der Waals surface area contributed by atoms with E-state index in [1.807, 2.05) is 31.3 Å². The number of ether oxygens (including phenoxy) is 2. The lowest BCUT2D eigenvalue weighted by Crippen LogP contribution is -2.29. The number of aliphatic imine (C=N–C) groups is 1. The normalized spacial score (nSPS) is 10.7. The first-order valence-electron chi connectivity index (χ1n) is 6.77. The molecule has 0 aliphatic heterocycles. The molecule has 2 N–H and O–H groups in total. The number of halogens is 1. The molecule has 0 bridgehead atoms. The average molecular weight is 448 g/mol. The van der Waals surface area contributed by atoms with Gasteiger partial charge in [-0.05, 0) is 19.1 Å². The quantitative estimate of drug-likeness (QED) is 0.418. The topological polar surface area (TPSA) is 67.8 Å². The molecule has 8 heteroatoms. The monoisotopic (exact) mass is 448 g/mol. The highest BCUT2D eigenvalue weighted by molar-refractivity contribution is 14.0. The van der Waals surface area contributed by atoms with Crippen LogP contribution in [0.3, 0.4) is 0 Å². The molecule has 2 aromatic rings. The van der Waals surface area contributed by atoms with Gasteiger partial charge in [0, 0.05) is 29.9 Å². The fourth-order valence-corrected chi connectivity index (χ4v) is 2.62. The molecule has 2 rings (SSSR count). The van der Waals surface area contributed by atoms with Crippen LogP contribution in [0.5, 0.6) is 11.5 Å². The lowest BCUT2D eigenvalue weighted by molar-refractivity contribution is 0.355. The number of nitrogens with one attached hydrogen (secondary N) is 2. The highest BCUT2D eigenvalue weighted by atomic mass is 127. The zero-order valence-electron chi connectivity index (χ0n) is 13.5. The predicted molar refractivity (Wildman–Crippen MR) is 106 cm³/mol. The molecule has 0 saturated heterocycles. The molecule has 0 spiro atoms. The summed E-state index contributed by atoms with van der Waals surface area (Å²) in [5.41, 5.74) is 0.867. The molecule has 0 radical (unpaired) electrons. The first-order chi connectivity index (χ1) is 10.7. The highest BCUT2D eigenvalue weighted by Gasteiger charge is 2.06. The second-order valence-corrected chi connectivity index (χ2v) is 5.79. The average Bonchev–Trinajstić information content (AvgIpc) is 2.96. The number of guanidine groups is 1. The van der Waals surface area contributed by atoms with Crippen LogP contribution >= 0.6 is 35.3 Å². The predicted octanol–water partition coefficient (Wildman–Crippen LogP) is 3.27. The summed E-state index contributed by atoms with van der Waals surface area (Å²) >= 11 is 1.66. The van der Waals surface area contributed by atoms with Crippen molar-refractivity contribution in [1.29, 1.82) is 0 Å². The van der Waals surface area contributed by atoms with Crippen LogP contribution in [0.2, 0.25) is 0 Å². The Kier molecular flexibility index (Phi) is 8.10. The van der Waals surface area contributed by atoms with Crippen molar-refractivity contribution in [3.8, 4) is 11.5 Å². The van der Waals surface area contributed by atoms with Crippen LogP contribution in [0.4, 0.5) is 5.69 Å². The maximum atomic E-state index is 5.29.